The van der Waals surface area contributed by atoms with Crippen molar-refractivity contribution in [3.8, 4) is 0 Å². The number of aromatic amines is 1. The van der Waals surface area contributed by atoms with E-state index in [0.717, 1.165) is 6.42 Å². The number of amides is 2. The van der Waals surface area contributed by atoms with Gasteiger partial charge in [-0.1, -0.05) is 13.0 Å². The molecule has 0 aliphatic carbocycles. The minimum atomic E-state index is -0.329. The molecule has 0 saturated heterocycles. The van der Waals surface area contributed by atoms with Gasteiger partial charge in [0.1, 0.15) is 5.69 Å². The Bertz CT molecular complexity index is 821. The number of Topliss-reactive ketones (excluding diaryl/α,β-unsaturated/α-hetero) is 1. The summed E-state index contributed by atoms with van der Waals surface area (Å²) in [7, 11) is 0. The maximum Gasteiger partial charge on any atom is 0.272 e. The maximum absolute atomic E-state index is 12.5. The smallest absolute Gasteiger partial charge is 0.272 e. The fourth-order valence-electron chi connectivity index (χ4n) is 2.82. The summed E-state index contributed by atoms with van der Waals surface area (Å²) in [6, 6.07) is 6.96. The quantitative estimate of drug-likeness (QED) is 0.697. The number of carbonyl (C=O) groups excluding carboxylic acids is 3. The molecule has 0 spiro atoms. The van der Waals surface area contributed by atoms with Crippen molar-refractivity contribution in [3.63, 3.8) is 0 Å². The molecule has 1 aromatic carbocycles. The second-order valence-electron chi connectivity index (χ2n) is 6.01. The molecule has 0 aliphatic heterocycles. The predicted octanol–water partition coefficient (Wildman–Crippen LogP) is 3.83. The molecule has 0 bridgehead atoms. The van der Waals surface area contributed by atoms with Gasteiger partial charge in [0.2, 0.25) is 5.91 Å². The average Bonchev–Trinajstić information content (AvgIpc) is 2.82. The molecule has 1 aromatic heterocycles. The first-order valence-corrected chi connectivity index (χ1v) is 8.24. The Morgan fingerprint density at radius 3 is 2.28 bits per heavy atom. The molecular formula is C19H23N3O3. The van der Waals surface area contributed by atoms with E-state index in [9.17, 15) is 14.4 Å². The molecule has 6 heteroatoms. The average molecular weight is 341 g/mol. The number of H-pyrrole nitrogens is 1. The molecule has 6 nitrogen and oxygen atoms in total. The third-order valence-corrected chi connectivity index (χ3v) is 3.90. The minimum absolute atomic E-state index is 0.0621. The van der Waals surface area contributed by atoms with Gasteiger partial charge in [-0.3, -0.25) is 14.4 Å². The Hall–Kier alpha value is -2.89. The van der Waals surface area contributed by atoms with Crippen LogP contribution in [-0.2, 0) is 4.79 Å². The molecule has 25 heavy (non-hydrogen) atoms. The molecule has 0 radical (unpaired) electrons. The summed E-state index contributed by atoms with van der Waals surface area (Å²) in [6.45, 7) is 6.93. The van der Waals surface area contributed by atoms with Crippen molar-refractivity contribution in [2.75, 3.05) is 10.6 Å². The van der Waals surface area contributed by atoms with Gasteiger partial charge in [0, 0.05) is 29.1 Å². The number of nitrogens with one attached hydrogen (secondary N) is 3. The van der Waals surface area contributed by atoms with E-state index in [1.165, 1.54) is 6.92 Å². The first-order valence-electron chi connectivity index (χ1n) is 8.24. The van der Waals surface area contributed by atoms with Gasteiger partial charge in [0.15, 0.2) is 5.78 Å². The van der Waals surface area contributed by atoms with Crippen molar-refractivity contribution >= 4 is 29.0 Å². The van der Waals surface area contributed by atoms with E-state index >= 15 is 0 Å². The Morgan fingerprint density at radius 1 is 1.08 bits per heavy atom. The first kappa shape index (κ1) is 18.4. The molecule has 2 aromatic rings. The molecule has 3 N–H and O–H groups in total. The van der Waals surface area contributed by atoms with Crippen LogP contribution in [0.5, 0.6) is 0 Å². The van der Waals surface area contributed by atoms with Crippen LogP contribution < -0.4 is 10.6 Å². The van der Waals surface area contributed by atoms with Crippen molar-refractivity contribution < 1.29 is 14.4 Å². The van der Waals surface area contributed by atoms with Crippen LogP contribution in [0.15, 0.2) is 24.3 Å². The van der Waals surface area contributed by atoms with Crippen molar-refractivity contribution in [1.82, 2.24) is 4.98 Å². The fourth-order valence-corrected chi connectivity index (χ4v) is 2.82. The molecule has 0 saturated carbocycles. The zero-order valence-electron chi connectivity index (χ0n) is 14.9. The lowest BCUT2D eigenvalue weighted by Gasteiger charge is -2.08. The van der Waals surface area contributed by atoms with Gasteiger partial charge in [-0.15, -0.1) is 0 Å². The van der Waals surface area contributed by atoms with Crippen molar-refractivity contribution in [1.29, 1.82) is 0 Å². The SMILES string of the molecule is CCCC(=O)Nc1cccc(NC(=O)c2[nH]c(C)c(C(C)=O)c2C)c1. The third-order valence-electron chi connectivity index (χ3n) is 3.90. The van der Waals surface area contributed by atoms with Crippen LogP contribution in [0.1, 0.15) is 58.8 Å². The highest BCUT2D eigenvalue weighted by atomic mass is 16.2. The van der Waals surface area contributed by atoms with Crippen LogP contribution in [0.2, 0.25) is 0 Å². The second kappa shape index (κ2) is 7.79. The van der Waals surface area contributed by atoms with E-state index in [1.807, 2.05) is 6.92 Å². The summed E-state index contributed by atoms with van der Waals surface area (Å²) in [5.74, 6) is -0.469. The highest BCUT2D eigenvalue weighted by Gasteiger charge is 2.19. The number of anilines is 2. The van der Waals surface area contributed by atoms with E-state index in [1.54, 1.807) is 38.1 Å². The number of benzene rings is 1. The maximum atomic E-state index is 12.5. The van der Waals surface area contributed by atoms with Gasteiger partial charge >= 0.3 is 0 Å². The van der Waals surface area contributed by atoms with E-state index in [4.69, 9.17) is 0 Å². The van der Waals surface area contributed by atoms with Gasteiger partial charge in [-0.25, -0.2) is 0 Å². The summed E-state index contributed by atoms with van der Waals surface area (Å²) in [5, 5.41) is 5.58. The number of carbonyl (C=O) groups is 3. The van der Waals surface area contributed by atoms with Crippen molar-refractivity contribution in [2.24, 2.45) is 0 Å². The van der Waals surface area contributed by atoms with E-state index in [-0.39, 0.29) is 17.6 Å². The minimum Gasteiger partial charge on any atom is -0.354 e. The van der Waals surface area contributed by atoms with Gasteiger partial charge < -0.3 is 15.6 Å². The lowest BCUT2D eigenvalue weighted by Crippen LogP contribution is -2.15. The molecular weight excluding hydrogens is 318 g/mol. The summed E-state index contributed by atoms with van der Waals surface area (Å²) in [4.78, 5) is 38.9. The number of ketones is 1. The molecule has 0 atom stereocenters. The van der Waals surface area contributed by atoms with E-state index < -0.39 is 0 Å². The largest absolute Gasteiger partial charge is 0.354 e. The third kappa shape index (κ3) is 4.35. The zero-order valence-corrected chi connectivity index (χ0v) is 14.9. The monoisotopic (exact) mass is 341 g/mol. The molecule has 2 rings (SSSR count). The lowest BCUT2D eigenvalue weighted by atomic mass is 10.1. The summed E-state index contributed by atoms with van der Waals surface area (Å²) in [5.41, 5.74) is 3.41. The summed E-state index contributed by atoms with van der Waals surface area (Å²) >= 11 is 0. The van der Waals surface area contributed by atoms with Gasteiger partial charge in [-0.2, -0.15) is 0 Å². The standard InChI is InChI=1S/C19H23N3O3/c1-5-7-16(24)21-14-8-6-9-15(10-14)22-19(25)18-11(2)17(13(4)23)12(3)20-18/h6,8-10,20H,5,7H2,1-4H3,(H,21,24)(H,22,25). The molecule has 1 heterocycles. The predicted molar refractivity (Wildman–Crippen MR) is 98.2 cm³/mol. The van der Waals surface area contributed by atoms with Crippen LogP contribution in [0.25, 0.3) is 0 Å². The van der Waals surface area contributed by atoms with Gasteiger partial charge in [0.25, 0.3) is 5.91 Å². The highest BCUT2D eigenvalue weighted by molar-refractivity contribution is 6.07. The van der Waals surface area contributed by atoms with Gasteiger partial charge in [0.05, 0.1) is 0 Å². The number of aromatic nitrogens is 1. The van der Waals surface area contributed by atoms with Crippen molar-refractivity contribution in [2.45, 2.75) is 40.5 Å². The Balaban J connectivity index is 2.17. The number of aryl methyl sites for hydroxylation is 1. The fraction of sp³-hybridized carbons (Fsp3) is 0.316. The molecule has 132 valence electrons. The summed E-state index contributed by atoms with van der Waals surface area (Å²) < 4.78 is 0. The topological polar surface area (TPSA) is 91.1 Å². The van der Waals surface area contributed by atoms with Crippen LogP contribution in [0, 0.1) is 13.8 Å². The van der Waals surface area contributed by atoms with Crippen LogP contribution in [0.4, 0.5) is 11.4 Å². The number of hydrogen-bond acceptors (Lipinski definition) is 3. The van der Waals surface area contributed by atoms with Gasteiger partial charge in [-0.05, 0) is 51.0 Å². The number of rotatable bonds is 6. The van der Waals surface area contributed by atoms with E-state index in [2.05, 4.69) is 15.6 Å². The molecule has 0 aliphatic rings. The summed E-state index contributed by atoms with van der Waals surface area (Å²) in [6.07, 6.45) is 1.22. The zero-order chi connectivity index (χ0) is 18.6. The Kier molecular flexibility index (Phi) is 5.75. The normalized spacial score (nSPS) is 10.4. The lowest BCUT2D eigenvalue weighted by molar-refractivity contribution is -0.116. The highest BCUT2D eigenvalue weighted by Crippen LogP contribution is 2.21. The Morgan fingerprint density at radius 2 is 1.72 bits per heavy atom. The van der Waals surface area contributed by atoms with Crippen LogP contribution >= 0.6 is 0 Å². The molecule has 0 unspecified atom stereocenters. The second-order valence-corrected chi connectivity index (χ2v) is 6.01. The molecule has 2 amide bonds. The molecule has 0 fully saturated rings. The van der Waals surface area contributed by atoms with Crippen LogP contribution in [-0.4, -0.2) is 22.6 Å². The van der Waals surface area contributed by atoms with E-state index in [0.29, 0.717) is 40.3 Å². The van der Waals surface area contributed by atoms with Crippen LogP contribution in [0.3, 0.4) is 0 Å². The number of hydrogen-bond donors (Lipinski definition) is 3. The first-order chi connectivity index (χ1) is 11.8. The van der Waals surface area contributed by atoms with Crippen molar-refractivity contribution in [3.05, 3.63) is 46.8 Å². The Labute approximate surface area is 147 Å².